The number of ketones is 1. The molecule has 0 spiro atoms. The lowest BCUT2D eigenvalue weighted by Gasteiger charge is -2.33. The highest BCUT2D eigenvalue weighted by Gasteiger charge is 2.17. The van der Waals surface area contributed by atoms with Crippen LogP contribution >= 0.6 is 0 Å². The lowest BCUT2D eigenvalue weighted by atomic mass is 10.1. The number of ether oxygens (including phenoxy) is 1. The molecule has 148 valence electrons. The van der Waals surface area contributed by atoms with Crippen LogP contribution in [0.5, 0.6) is 5.75 Å². The molecule has 0 saturated carbocycles. The Morgan fingerprint density at radius 3 is 2.32 bits per heavy atom. The van der Waals surface area contributed by atoms with Gasteiger partial charge in [-0.1, -0.05) is 0 Å². The van der Waals surface area contributed by atoms with Gasteiger partial charge in [0.2, 0.25) is 0 Å². The fourth-order valence-electron chi connectivity index (χ4n) is 2.95. The molecule has 1 fully saturated rings. The molecule has 1 atom stereocenters. The van der Waals surface area contributed by atoms with E-state index < -0.39 is 6.10 Å². The SMILES string of the molecule is CC(=O)c1ccc(O[C@@H](C)C(=O)Nc2ccc(N3CCN(C)CC3)nc2)cc1. The largest absolute Gasteiger partial charge is 0.481 e. The van der Waals surface area contributed by atoms with E-state index in [-0.39, 0.29) is 11.7 Å². The highest BCUT2D eigenvalue weighted by molar-refractivity contribution is 5.94. The molecule has 0 radical (unpaired) electrons. The van der Waals surface area contributed by atoms with Crippen molar-refractivity contribution in [3.05, 3.63) is 48.2 Å². The lowest BCUT2D eigenvalue weighted by molar-refractivity contribution is -0.122. The van der Waals surface area contributed by atoms with Crippen LogP contribution in [-0.2, 0) is 4.79 Å². The summed E-state index contributed by atoms with van der Waals surface area (Å²) >= 11 is 0. The quantitative estimate of drug-likeness (QED) is 0.774. The first kappa shape index (κ1) is 19.8. The summed E-state index contributed by atoms with van der Waals surface area (Å²) in [5.41, 5.74) is 1.24. The zero-order chi connectivity index (χ0) is 20.1. The Balaban J connectivity index is 1.54. The average Bonchev–Trinajstić information content (AvgIpc) is 2.69. The Bertz CT molecular complexity index is 813. The number of hydrogen-bond donors (Lipinski definition) is 1. The molecule has 7 nitrogen and oxygen atoms in total. The number of benzene rings is 1. The van der Waals surface area contributed by atoms with Gasteiger partial charge < -0.3 is 19.9 Å². The van der Waals surface area contributed by atoms with Crippen LogP contribution in [0.2, 0.25) is 0 Å². The standard InChI is InChI=1S/C21H26N4O3/c1-15(26)17-4-7-19(8-5-17)28-16(2)21(27)23-18-6-9-20(22-14-18)25-12-10-24(3)11-13-25/h4-9,14,16H,10-13H2,1-3H3,(H,23,27)/t16-/m0/s1. The van der Waals surface area contributed by atoms with Gasteiger partial charge in [0, 0.05) is 31.7 Å². The Hall–Kier alpha value is -2.93. The van der Waals surface area contributed by atoms with Crippen molar-refractivity contribution in [2.24, 2.45) is 0 Å². The summed E-state index contributed by atoms with van der Waals surface area (Å²) in [6.45, 7) is 7.12. The van der Waals surface area contributed by atoms with E-state index in [1.54, 1.807) is 37.4 Å². The van der Waals surface area contributed by atoms with Crippen LogP contribution in [0.25, 0.3) is 0 Å². The van der Waals surface area contributed by atoms with Crippen molar-refractivity contribution in [1.82, 2.24) is 9.88 Å². The molecule has 1 saturated heterocycles. The molecule has 0 unspecified atom stereocenters. The molecule has 1 aliphatic rings. The number of amides is 1. The van der Waals surface area contributed by atoms with Crippen molar-refractivity contribution in [2.75, 3.05) is 43.4 Å². The van der Waals surface area contributed by atoms with E-state index in [9.17, 15) is 9.59 Å². The van der Waals surface area contributed by atoms with Crippen LogP contribution in [0.1, 0.15) is 24.2 Å². The Morgan fingerprint density at radius 2 is 1.75 bits per heavy atom. The summed E-state index contributed by atoms with van der Waals surface area (Å²) in [6.07, 6.45) is 0.986. The highest BCUT2D eigenvalue weighted by atomic mass is 16.5. The third-order valence-electron chi connectivity index (χ3n) is 4.79. The maximum atomic E-state index is 12.4. The summed E-state index contributed by atoms with van der Waals surface area (Å²) in [5, 5.41) is 2.82. The van der Waals surface area contributed by atoms with E-state index in [0.717, 1.165) is 32.0 Å². The van der Waals surface area contributed by atoms with Crippen molar-refractivity contribution in [2.45, 2.75) is 20.0 Å². The van der Waals surface area contributed by atoms with Crippen molar-refractivity contribution >= 4 is 23.2 Å². The van der Waals surface area contributed by atoms with E-state index in [1.807, 2.05) is 12.1 Å². The number of nitrogens with one attached hydrogen (secondary N) is 1. The fourth-order valence-corrected chi connectivity index (χ4v) is 2.95. The number of piperazine rings is 1. The van der Waals surface area contributed by atoms with Crippen molar-refractivity contribution < 1.29 is 14.3 Å². The number of aromatic nitrogens is 1. The molecular formula is C21H26N4O3. The average molecular weight is 382 g/mol. The smallest absolute Gasteiger partial charge is 0.265 e. The van der Waals surface area contributed by atoms with Crippen LogP contribution in [0.4, 0.5) is 11.5 Å². The van der Waals surface area contributed by atoms with Gasteiger partial charge in [-0.25, -0.2) is 4.98 Å². The predicted molar refractivity (Wildman–Crippen MR) is 109 cm³/mol. The van der Waals surface area contributed by atoms with Crippen LogP contribution in [-0.4, -0.2) is 60.9 Å². The third kappa shape index (κ3) is 5.07. The molecule has 1 amide bonds. The minimum atomic E-state index is -0.680. The van der Waals surface area contributed by atoms with Crippen molar-refractivity contribution in [3.8, 4) is 5.75 Å². The first-order valence-electron chi connectivity index (χ1n) is 9.40. The molecule has 0 bridgehead atoms. The summed E-state index contributed by atoms with van der Waals surface area (Å²) in [4.78, 5) is 32.7. The second-order valence-electron chi connectivity index (χ2n) is 7.03. The number of rotatable bonds is 6. The number of nitrogens with zero attached hydrogens (tertiary/aromatic N) is 3. The predicted octanol–water partition coefficient (Wildman–Crippen LogP) is 2.44. The van der Waals surface area contributed by atoms with E-state index in [2.05, 4.69) is 27.1 Å². The lowest BCUT2D eigenvalue weighted by Crippen LogP contribution is -2.44. The normalized spacial score (nSPS) is 15.8. The molecule has 3 rings (SSSR count). The maximum absolute atomic E-state index is 12.4. The van der Waals surface area contributed by atoms with Crippen molar-refractivity contribution in [1.29, 1.82) is 0 Å². The first-order valence-corrected chi connectivity index (χ1v) is 9.40. The van der Waals surface area contributed by atoms with Gasteiger partial charge in [0.15, 0.2) is 11.9 Å². The number of likely N-dealkylation sites (N-methyl/N-ethyl adjacent to an activating group) is 1. The first-order chi connectivity index (χ1) is 13.4. The zero-order valence-electron chi connectivity index (χ0n) is 16.5. The van der Waals surface area contributed by atoms with Crippen LogP contribution < -0.4 is 15.0 Å². The van der Waals surface area contributed by atoms with E-state index in [4.69, 9.17) is 4.74 Å². The molecule has 1 aromatic heterocycles. The van der Waals surface area contributed by atoms with Crippen LogP contribution in [0, 0.1) is 0 Å². The van der Waals surface area contributed by atoms with Gasteiger partial charge >= 0.3 is 0 Å². The van der Waals surface area contributed by atoms with E-state index in [1.165, 1.54) is 6.92 Å². The van der Waals surface area contributed by atoms with Gasteiger partial charge in [-0.3, -0.25) is 9.59 Å². The number of carbonyl (C=O) groups is 2. The Morgan fingerprint density at radius 1 is 1.07 bits per heavy atom. The summed E-state index contributed by atoms with van der Waals surface area (Å²) in [6, 6.07) is 10.5. The van der Waals surface area contributed by atoms with E-state index >= 15 is 0 Å². The molecule has 1 aromatic carbocycles. The minimum absolute atomic E-state index is 0.00939. The Kier molecular flexibility index (Phi) is 6.26. The van der Waals surface area contributed by atoms with Gasteiger partial charge in [0.1, 0.15) is 11.6 Å². The molecule has 7 heteroatoms. The van der Waals surface area contributed by atoms with Gasteiger partial charge in [-0.15, -0.1) is 0 Å². The topological polar surface area (TPSA) is 74.8 Å². The van der Waals surface area contributed by atoms with Gasteiger partial charge in [-0.05, 0) is 57.3 Å². The van der Waals surface area contributed by atoms with Crippen LogP contribution in [0.15, 0.2) is 42.6 Å². The molecular weight excluding hydrogens is 356 g/mol. The van der Waals surface area contributed by atoms with Gasteiger partial charge in [0.05, 0.1) is 11.9 Å². The van der Waals surface area contributed by atoms with Gasteiger partial charge in [-0.2, -0.15) is 0 Å². The maximum Gasteiger partial charge on any atom is 0.265 e. The number of Topliss-reactive ketones (excluding diaryl/α,β-unsaturated/α-hetero) is 1. The van der Waals surface area contributed by atoms with E-state index in [0.29, 0.717) is 17.0 Å². The summed E-state index contributed by atoms with van der Waals surface area (Å²) in [5.74, 6) is 1.19. The van der Waals surface area contributed by atoms with Gasteiger partial charge in [0.25, 0.3) is 5.91 Å². The third-order valence-corrected chi connectivity index (χ3v) is 4.79. The number of pyridine rings is 1. The minimum Gasteiger partial charge on any atom is -0.481 e. The Labute approximate surface area is 165 Å². The molecule has 1 aliphatic heterocycles. The molecule has 0 aliphatic carbocycles. The molecule has 2 aromatic rings. The second-order valence-corrected chi connectivity index (χ2v) is 7.03. The summed E-state index contributed by atoms with van der Waals surface area (Å²) in [7, 11) is 2.12. The zero-order valence-corrected chi connectivity index (χ0v) is 16.5. The number of carbonyl (C=O) groups excluding carboxylic acids is 2. The second kappa shape index (κ2) is 8.84. The molecule has 28 heavy (non-hydrogen) atoms. The number of anilines is 2. The summed E-state index contributed by atoms with van der Waals surface area (Å²) < 4.78 is 5.66. The van der Waals surface area contributed by atoms with Crippen LogP contribution in [0.3, 0.4) is 0 Å². The fraction of sp³-hybridized carbons (Fsp3) is 0.381. The van der Waals surface area contributed by atoms with Crippen molar-refractivity contribution in [3.63, 3.8) is 0 Å². The monoisotopic (exact) mass is 382 g/mol. The molecule has 2 heterocycles. The highest BCUT2D eigenvalue weighted by Crippen LogP contribution is 2.17. The molecule has 1 N–H and O–H groups in total. The number of hydrogen-bond acceptors (Lipinski definition) is 6.